The molecule has 1 aromatic rings. The zero-order valence-corrected chi connectivity index (χ0v) is 9.71. The van der Waals surface area contributed by atoms with Crippen molar-refractivity contribution in [1.82, 2.24) is 0 Å². The van der Waals surface area contributed by atoms with Gasteiger partial charge in [-0.2, -0.15) is 0 Å². The number of aryl methyl sites for hydroxylation is 1. The zero-order chi connectivity index (χ0) is 11.6. The van der Waals surface area contributed by atoms with Crippen LogP contribution >= 0.6 is 15.9 Å². The van der Waals surface area contributed by atoms with E-state index in [4.69, 9.17) is 10.8 Å². The van der Waals surface area contributed by atoms with Gasteiger partial charge in [-0.3, -0.25) is 4.79 Å². The molecule has 0 saturated carbocycles. The molecule has 0 bridgehead atoms. The summed E-state index contributed by atoms with van der Waals surface area (Å²) >= 11 is 3.04. The Morgan fingerprint density at radius 3 is 2.80 bits per heavy atom. The highest BCUT2D eigenvalue weighted by atomic mass is 79.9. The summed E-state index contributed by atoms with van der Waals surface area (Å²) in [4.78, 5) is 10.5. The highest BCUT2D eigenvalue weighted by Gasteiger charge is 2.14. The van der Waals surface area contributed by atoms with Crippen molar-refractivity contribution in [2.75, 3.05) is 0 Å². The monoisotopic (exact) mass is 275 g/mol. The van der Waals surface area contributed by atoms with E-state index in [1.165, 1.54) is 12.1 Å². The largest absolute Gasteiger partial charge is 0.481 e. The third-order valence-electron chi connectivity index (χ3n) is 2.10. The van der Waals surface area contributed by atoms with Gasteiger partial charge in [-0.1, -0.05) is 0 Å². The number of carboxylic acid groups (broad SMARTS) is 1. The molecule has 0 saturated heterocycles. The van der Waals surface area contributed by atoms with Crippen LogP contribution in [0.25, 0.3) is 0 Å². The molecule has 0 radical (unpaired) electrons. The summed E-state index contributed by atoms with van der Waals surface area (Å²) in [7, 11) is 0. The first-order valence-electron chi connectivity index (χ1n) is 4.34. The van der Waals surface area contributed by atoms with Crippen molar-refractivity contribution in [1.29, 1.82) is 0 Å². The van der Waals surface area contributed by atoms with E-state index < -0.39 is 12.0 Å². The highest BCUT2D eigenvalue weighted by Crippen LogP contribution is 2.25. The minimum absolute atomic E-state index is 0.168. The molecule has 1 unspecified atom stereocenters. The molecule has 3 nitrogen and oxygen atoms in total. The summed E-state index contributed by atoms with van der Waals surface area (Å²) in [5.41, 5.74) is 6.99. The quantitative estimate of drug-likeness (QED) is 0.890. The van der Waals surface area contributed by atoms with Gasteiger partial charge in [-0.25, -0.2) is 4.39 Å². The fourth-order valence-corrected chi connectivity index (χ4v) is 1.72. The van der Waals surface area contributed by atoms with Gasteiger partial charge < -0.3 is 10.8 Å². The van der Waals surface area contributed by atoms with Crippen molar-refractivity contribution in [2.45, 2.75) is 19.4 Å². The van der Waals surface area contributed by atoms with E-state index in [0.29, 0.717) is 15.6 Å². The molecular weight excluding hydrogens is 265 g/mol. The van der Waals surface area contributed by atoms with Crippen LogP contribution in [0.15, 0.2) is 16.6 Å². The van der Waals surface area contributed by atoms with E-state index in [0.717, 1.165) is 0 Å². The Bertz CT molecular complexity index is 395. The minimum atomic E-state index is -0.970. The Morgan fingerprint density at radius 2 is 2.27 bits per heavy atom. The van der Waals surface area contributed by atoms with Crippen molar-refractivity contribution in [2.24, 2.45) is 5.73 Å². The van der Waals surface area contributed by atoms with Gasteiger partial charge in [0.05, 0.1) is 10.9 Å². The molecule has 1 rings (SSSR count). The predicted octanol–water partition coefficient (Wildman–Crippen LogP) is 2.37. The second kappa shape index (κ2) is 4.72. The number of rotatable bonds is 3. The first kappa shape index (κ1) is 12.1. The van der Waals surface area contributed by atoms with E-state index in [9.17, 15) is 9.18 Å². The van der Waals surface area contributed by atoms with Crippen LogP contribution in [-0.2, 0) is 4.79 Å². The molecule has 1 aromatic carbocycles. The average molecular weight is 276 g/mol. The maximum Gasteiger partial charge on any atom is 0.305 e. The van der Waals surface area contributed by atoms with Crippen LogP contribution in [0.2, 0.25) is 0 Å². The van der Waals surface area contributed by atoms with Crippen molar-refractivity contribution in [3.05, 3.63) is 33.5 Å². The lowest BCUT2D eigenvalue weighted by molar-refractivity contribution is -0.137. The molecule has 15 heavy (non-hydrogen) atoms. The van der Waals surface area contributed by atoms with Crippen molar-refractivity contribution in [3.8, 4) is 0 Å². The van der Waals surface area contributed by atoms with Gasteiger partial charge in [0.1, 0.15) is 5.82 Å². The van der Waals surface area contributed by atoms with Crippen molar-refractivity contribution in [3.63, 3.8) is 0 Å². The molecule has 5 heteroatoms. The normalized spacial score (nSPS) is 12.5. The number of hydrogen-bond donors (Lipinski definition) is 2. The van der Waals surface area contributed by atoms with Crippen LogP contribution < -0.4 is 5.73 Å². The van der Waals surface area contributed by atoms with Gasteiger partial charge in [-0.15, -0.1) is 0 Å². The minimum Gasteiger partial charge on any atom is -0.481 e. The topological polar surface area (TPSA) is 63.3 Å². The molecule has 0 aromatic heterocycles. The molecule has 1 atom stereocenters. The van der Waals surface area contributed by atoms with Gasteiger partial charge in [0.25, 0.3) is 0 Å². The van der Waals surface area contributed by atoms with Crippen molar-refractivity contribution >= 4 is 21.9 Å². The van der Waals surface area contributed by atoms with Crippen LogP contribution in [0.4, 0.5) is 4.39 Å². The second-order valence-electron chi connectivity index (χ2n) is 3.33. The average Bonchev–Trinajstić information content (AvgIpc) is 2.09. The summed E-state index contributed by atoms with van der Waals surface area (Å²) < 4.78 is 13.4. The number of benzene rings is 1. The maximum absolute atomic E-state index is 13.1. The van der Waals surface area contributed by atoms with Crippen LogP contribution in [0.3, 0.4) is 0 Å². The Balaban J connectivity index is 3.03. The standard InChI is InChI=1S/C10H11BrFNO2/c1-5-2-8(12)7(11)3-6(5)9(13)4-10(14)15/h2-3,9H,4,13H2,1H3,(H,14,15). The smallest absolute Gasteiger partial charge is 0.305 e. The summed E-state index contributed by atoms with van der Waals surface area (Å²) in [6.07, 6.45) is -0.168. The SMILES string of the molecule is Cc1cc(F)c(Br)cc1C(N)CC(=O)O. The second-order valence-corrected chi connectivity index (χ2v) is 4.18. The van der Waals surface area contributed by atoms with Gasteiger partial charge in [-0.05, 0) is 46.1 Å². The Morgan fingerprint density at radius 1 is 1.67 bits per heavy atom. The fraction of sp³-hybridized carbons (Fsp3) is 0.300. The summed E-state index contributed by atoms with van der Waals surface area (Å²) in [6.45, 7) is 1.70. The number of carboxylic acids is 1. The molecule has 0 aliphatic rings. The van der Waals surface area contributed by atoms with Gasteiger partial charge in [0.2, 0.25) is 0 Å². The van der Waals surface area contributed by atoms with Gasteiger partial charge in [0, 0.05) is 6.04 Å². The number of hydrogen-bond acceptors (Lipinski definition) is 2. The highest BCUT2D eigenvalue weighted by molar-refractivity contribution is 9.10. The molecule has 3 N–H and O–H groups in total. The van der Waals surface area contributed by atoms with E-state index in [1.807, 2.05) is 0 Å². The van der Waals surface area contributed by atoms with E-state index in [2.05, 4.69) is 15.9 Å². The Hall–Kier alpha value is -0.940. The molecule has 0 amide bonds. The van der Waals surface area contributed by atoms with E-state index >= 15 is 0 Å². The van der Waals surface area contributed by atoms with Gasteiger partial charge in [0.15, 0.2) is 0 Å². The van der Waals surface area contributed by atoms with Crippen molar-refractivity contribution < 1.29 is 14.3 Å². The Labute approximate surface area is 95.2 Å². The van der Waals surface area contributed by atoms with Crippen LogP contribution in [0.1, 0.15) is 23.6 Å². The predicted molar refractivity (Wildman–Crippen MR) is 58.0 cm³/mol. The maximum atomic E-state index is 13.1. The summed E-state index contributed by atoms with van der Waals surface area (Å²) in [6, 6.07) is 2.25. The first-order valence-corrected chi connectivity index (χ1v) is 5.14. The third-order valence-corrected chi connectivity index (χ3v) is 2.71. The van der Waals surface area contributed by atoms with Gasteiger partial charge >= 0.3 is 5.97 Å². The summed E-state index contributed by atoms with van der Waals surface area (Å²) in [5.74, 6) is -1.35. The lowest BCUT2D eigenvalue weighted by atomic mass is 9.99. The molecule has 0 fully saturated rings. The van der Waals surface area contributed by atoms with Crippen LogP contribution in [-0.4, -0.2) is 11.1 Å². The van der Waals surface area contributed by atoms with Crippen LogP contribution in [0, 0.1) is 12.7 Å². The molecule has 82 valence electrons. The lowest BCUT2D eigenvalue weighted by Gasteiger charge is -2.13. The van der Waals surface area contributed by atoms with Crippen LogP contribution in [0.5, 0.6) is 0 Å². The number of halogens is 2. The first-order chi connectivity index (χ1) is 6.91. The number of aliphatic carboxylic acids is 1. The zero-order valence-electron chi connectivity index (χ0n) is 8.13. The molecular formula is C10H11BrFNO2. The fourth-order valence-electron chi connectivity index (χ4n) is 1.36. The number of nitrogens with two attached hydrogens (primary N) is 1. The molecule has 0 aliphatic carbocycles. The molecule has 0 spiro atoms. The molecule has 0 heterocycles. The van der Waals surface area contributed by atoms with E-state index in [-0.39, 0.29) is 12.2 Å². The lowest BCUT2D eigenvalue weighted by Crippen LogP contribution is -2.16. The molecule has 0 aliphatic heterocycles. The Kier molecular flexibility index (Phi) is 3.82. The van der Waals surface area contributed by atoms with E-state index in [1.54, 1.807) is 6.92 Å². The third kappa shape index (κ3) is 3.00. The summed E-state index contributed by atoms with van der Waals surface area (Å²) in [5, 5.41) is 8.59. The number of carbonyl (C=O) groups is 1.